The number of hydrogen-bond donors (Lipinski definition) is 0. The summed E-state index contributed by atoms with van der Waals surface area (Å²) < 4.78 is 6.29. The Morgan fingerprint density at radius 2 is 1.79 bits per heavy atom. The second-order valence-electron chi connectivity index (χ2n) is 6.96. The Bertz CT molecular complexity index is 1160. The third kappa shape index (κ3) is 4.32. The molecule has 148 valence electrons. The molecule has 0 bridgehead atoms. The van der Waals surface area contributed by atoms with E-state index in [1.165, 1.54) is 0 Å². The number of nitrogens with zero attached hydrogens (tertiary/aromatic N) is 6. The molecule has 0 radical (unpaired) electrons. The lowest BCUT2D eigenvalue weighted by molar-refractivity contribution is 0.244. The van der Waals surface area contributed by atoms with E-state index in [4.69, 9.17) is 28.9 Å². The van der Waals surface area contributed by atoms with Crippen molar-refractivity contribution in [3.05, 3.63) is 82.3 Å². The molecule has 0 aliphatic rings. The molecule has 2 heterocycles. The van der Waals surface area contributed by atoms with Crippen molar-refractivity contribution in [1.29, 1.82) is 0 Å². The van der Waals surface area contributed by atoms with Gasteiger partial charge in [-0.05, 0) is 55.7 Å². The van der Waals surface area contributed by atoms with Crippen LogP contribution >= 0.6 is 23.8 Å². The summed E-state index contributed by atoms with van der Waals surface area (Å²) in [6.07, 6.45) is 3.88. The smallest absolute Gasteiger partial charge is 0.204 e. The minimum absolute atomic E-state index is 0.564. The standard InChI is InChI=1S/C21H21ClN6S/c1-25(13-16-12-23-26(2)14-16)15-27-21(29)28(19-6-4-3-5-7-19)20(24-27)17-8-10-18(22)11-9-17/h3-12,14H,13,15H2,1-2H3. The van der Waals surface area contributed by atoms with E-state index >= 15 is 0 Å². The minimum Gasteiger partial charge on any atom is -0.283 e. The summed E-state index contributed by atoms with van der Waals surface area (Å²) in [5, 5.41) is 9.76. The number of para-hydroxylation sites is 1. The molecule has 0 N–H and O–H groups in total. The van der Waals surface area contributed by atoms with Gasteiger partial charge >= 0.3 is 0 Å². The van der Waals surface area contributed by atoms with E-state index in [9.17, 15) is 0 Å². The largest absolute Gasteiger partial charge is 0.283 e. The predicted octanol–water partition coefficient (Wildman–Crippen LogP) is 4.55. The third-order valence-electron chi connectivity index (χ3n) is 4.54. The number of halogens is 1. The fourth-order valence-corrected chi connectivity index (χ4v) is 3.66. The second-order valence-corrected chi connectivity index (χ2v) is 7.76. The summed E-state index contributed by atoms with van der Waals surface area (Å²) in [6.45, 7) is 1.32. The molecule has 0 aliphatic carbocycles. The average Bonchev–Trinajstić information content (AvgIpc) is 3.26. The van der Waals surface area contributed by atoms with E-state index in [1.54, 1.807) is 4.68 Å². The molecule has 0 saturated carbocycles. The first kappa shape index (κ1) is 19.6. The molecule has 0 aliphatic heterocycles. The van der Waals surface area contributed by atoms with Crippen LogP contribution in [0.4, 0.5) is 0 Å². The normalized spacial score (nSPS) is 11.3. The molecule has 0 atom stereocenters. The van der Waals surface area contributed by atoms with Gasteiger partial charge in [-0.1, -0.05) is 29.8 Å². The highest BCUT2D eigenvalue weighted by Gasteiger charge is 2.15. The highest BCUT2D eigenvalue weighted by molar-refractivity contribution is 7.71. The first-order chi connectivity index (χ1) is 14.0. The SMILES string of the molecule is CN(Cc1cnn(C)c1)Cn1nc(-c2ccc(Cl)cc2)n(-c2ccccc2)c1=S. The van der Waals surface area contributed by atoms with Crippen LogP contribution in [-0.2, 0) is 20.3 Å². The molecule has 0 fully saturated rings. The van der Waals surface area contributed by atoms with Crippen LogP contribution in [0, 0.1) is 4.77 Å². The van der Waals surface area contributed by atoms with Gasteiger partial charge in [-0.15, -0.1) is 5.10 Å². The lowest BCUT2D eigenvalue weighted by atomic mass is 10.2. The predicted molar refractivity (Wildman–Crippen MR) is 118 cm³/mol. The molecule has 29 heavy (non-hydrogen) atoms. The maximum atomic E-state index is 6.07. The van der Waals surface area contributed by atoms with Crippen molar-refractivity contribution in [2.24, 2.45) is 7.05 Å². The van der Waals surface area contributed by atoms with E-state index < -0.39 is 0 Å². The highest BCUT2D eigenvalue weighted by atomic mass is 35.5. The summed E-state index contributed by atoms with van der Waals surface area (Å²) in [5.74, 6) is 0.785. The van der Waals surface area contributed by atoms with Crippen LogP contribution in [0.3, 0.4) is 0 Å². The van der Waals surface area contributed by atoms with Gasteiger partial charge < -0.3 is 0 Å². The van der Waals surface area contributed by atoms with Gasteiger partial charge in [0.05, 0.1) is 12.9 Å². The van der Waals surface area contributed by atoms with Crippen LogP contribution in [0.2, 0.25) is 5.02 Å². The maximum Gasteiger partial charge on any atom is 0.204 e. The number of aromatic nitrogens is 5. The Hall–Kier alpha value is -2.74. The second kappa shape index (κ2) is 8.32. The van der Waals surface area contributed by atoms with E-state index in [1.807, 2.05) is 90.3 Å². The Morgan fingerprint density at radius 3 is 2.45 bits per heavy atom. The molecular formula is C21H21ClN6S. The van der Waals surface area contributed by atoms with Crippen LogP contribution in [0.25, 0.3) is 17.1 Å². The quantitative estimate of drug-likeness (QED) is 0.426. The number of aryl methyl sites for hydroxylation is 1. The van der Waals surface area contributed by atoms with Gasteiger partial charge in [0.2, 0.25) is 4.77 Å². The van der Waals surface area contributed by atoms with Gasteiger partial charge in [0, 0.05) is 41.6 Å². The lowest BCUT2D eigenvalue weighted by Crippen LogP contribution is -2.22. The molecule has 8 heteroatoms. The van der Waals surface area contributed by atoms with Gasteiger partial charge in [-0.2, -0.15) is 5.10 Å². The van der Waals surface area contributed by atoms with Crippen molar-refractivity contribution in [3.63, 3.8) is 0 Å². The molecule has 4 rings (SSSR count). The van der Waals surface area contributed by atoms with Crippen molar-refractivity contribution in [2.45, 2.75) is 13.2 Å². The molecule has 4 aromatic rings. The zero-order valence-corrected chi connectivity index (χ0v) is 17.8. The van der Waals surface area contributed by atoms with Gasteiger partial charge in [-0.3, -0.25) is 14.1 Å². The van der Waals surface area contributed by atoms with Crippen molar-refractivity contribution in [1.82, 2.24) is 29.0 Å². The first-order valence-corrected chi connectivity index (χ1v) is 9.97. The molecule has 0 spiro atoms. The van der Waals surface area contributed by atoms with Crippen molar-refractivity contribution in [2.75, 3.05) is 7.05 Å². The van der Waals surface area contributed by atoms with Crippen LogP contribution in [0.15, 0.2) is 67.0 Å². The Morgan fingerprint density at radius 1 is 1.07 bits per heavy atom. The van der Waals surface area contributed by atoms with E-state index in [0.29, 0.717) is 16.5 Å². The van der Waals surface area contributed by atoms with Crippen molar-refractivity contribution >= 4 is 23.8 Å². The van der Waals surface area contributed by atoms with E-state index in [2.05, 4.69) is 10.00 Å². The maximum absolute atomic E-state index is 6.07. The van der Waals surface area contributed by atoms with Gasteiger partial charge in [-0.25, -0.2) is 4.68 Å². The molecule has 6 nitrogen and oxygen atoms in total. The number of benzene rings is 2. The topological polar surface area (TPSA) is 43.8 Å². The zero-order valence-electron chi connectivity index (χ0n) is 16.2. The Balaban J connectivity index is 1.71. The number of rotatable bonds is 6. The van der Waals surface area contributed by atoms with Gasteiger partial charge in [0.1, 0.15) is 0 Å². The van der Waals surface area contributed by atoms with Gasteiger partial charge in [0.25, 0.3) is 0 Å². The summed E-state index contributed by atoms with van der Waals surface area (Å²) in [7, 11) is 3.96. The molecule has 0 amide bonds. The summed E-state index contributed by atoms with van der Waals surface area (Å²) in [4.78, 5) is 2.15. The fraction of sp³-hybridized carbons (Fsp3) is 0.190. The molecule has 0 saturated heterocycles. The van der Waals surface area contributed by atoms with Crippen LogP contribution < -0.4 is 0 Å². The van der Waals surface area contributed by atoms with Gasteiger partial charge in [0.15, 0.2) is 5.82 Å². The summed E-state index contributed by atoms with van der Waals surface area (Å²) >= 11 is 11.9. The highest BCUT2D eigenvalue weighted by Crippen LogP contribution is 2.24. The van der Waals surface area contributed by atoms with Crippen LogP contribution in [0.5, 0.6) is 0 Å². The van der Waals surface area contributed by atoms with Crippen molar-refractivity contribution in [3.8, 4) is 17.1 Å². The fourth-order valence-electron chi connectivity index (χ4n) is 3.24. The Labute approximate surface area is 179 Å². The Kier molecular flexibility index (Phi) is 5.62. The monoisotopic (exact) mass is 424 g/mol. The van der Waals surface area contributed by atoms with Crippen LogP contribution in [0.1, 0.15) is 5.56 Å². The summed E-state index contributed by atoms with van der Waals surface area (Å²) in [5.41, 5.74) is 3.07. The molecule has 2 aromatic heterocycles. The van der Waals surface area contributed by atoms with E-state index in [-0.39, 0.29) is 0 Å². The molecule has 2 aromatic carbocycles. The first-order valence-electron chi connectivity index (χ1n) is 9.18. The third-order valence-corrected chi connectivity index (χ3v) is 5.19. The zero-order chi connectivity index (χ0) is 20.4. The van der Waals surface area contributed by atoms with Crippen molar-refractivity contribution < 1.29 is 0 Å². The molecule has 0 unspecified atom stereocenters. The minimum atomic E-state index is 0.564. The number of hydrogen-bond acceptors (Lipinski definition) is 4. The van der Waals surface area contributed by atoms with E-state index in [0.717, 1.165) is 29.2 Å². The molecular weight excluding hydrogens is 404 g/mol. The lowest BCUT2D eigenvalue weighted by Gasteiger charge is -2.15. The average molecular weight is 425 g/mol. The summed E-state index contributed by atoms with van der Waals surface area (Å²) in [6, 6.07) is 17.7. The van der Waals surface area contributed by atoms with Crippen LogP contribution in [-0.4, -0.2) is 36.1 Å².